The molecule has 2 saturated carbocycles. The minimum absolute atomic E-state index is 0.0680. The van der Waals surface area contributed by atoms with Gasteiger partial charge in [0.2, 0.25) is 21.8 Å². The number of rotatable bonds is 7. The summed E-state index contributed by atoms with van der Waals surface area (Å²) in [6, 6.07) is 3.71. The summed E-state index contributed by atoms with van der Waals surface area (Å²) in [7, 11) is -3.89. The van der Waals surface area contributed by atoms with Crippen LogP contribution < -0.4 is 15.4 Å². The maximum absolute atomic E-state index is 14.1. The van der Waals surface area contributed by atoms with Crippen LogP contribution in [0.2, 0.25) is 0 Å². The Morgan fingerprint density at radius 2 is 1.88 bits per heavy atom. The average Bonchev–Trinajstić information content (AvgIpc) is 3.93. The molecule has 4 bridgehead atoms. The molecule has 5 amide bonds. The fraction of sp³-hybridized carbons (Fsp3) is 0.606. The molecular formula is C33H43N5O9S. The fourth-order valence-electron chi connectivity index (χ4n) is 6.91. The molecule has 2 aliphatic carbocycles. The second kappa shape index (κ2) is 13.1. The van der Waals surface area contributed by atoms with Crippen LogP contribution in [0.5, 0.6) is 0 Å². The Morgan fingerprint density at radius 1 is 1.12 bits per heavy atom. The molecule has 48 heavy (non-hydrogen) atoms. The Hall–Kier alpha value is -4.14. The van der Waals surface area contributed by atoms with Crippen molar-refractivity contribution in [2.45, 2.75) is 101 Å². The number of nitrogens with zero attached hydrogens (tertiary/aromatic N) is 2. The summed E-state index contributed by atoms with van der Waals surface area (Å²) in [6.07, 6.45) is 2.35. The van der Waals surface area contributed by atoms with Crippen LogP contribution >= 0.6 is 0 Å². The van der Waals surface area contributed by atoms with E-state index in [2.05, 4.69) is 21.9 Å². The monoisotopic (exact) mass is 685 g/mol. The smallest absolute Gasteiger partial charge is 0.410 e. The summed E-state index contributed by atoms with van der Waals surface area (Å²) in [6.45, 7) is 7.97. The predicted octanol–water partition coefficient (Wildman–Crippen LogP) is 1.86. The first-order valence-electron chi connectivity index (χ1n) is 16.6. The van der Waals surface area contributed by atoms with Gasteiger partial charge in [-0.25, -0.2) is 18.0 Å². The van der Waals surface area contributed by atoms with Gasteiger partial charge in [-0.1, -0.05) is 38.1 Å². The van der Waals surface area contributed by atoms with Crippen molar-refractivity contribution in [1.82, 2.24) is 25.2 Å². The SMILES string of the molecule is C=C[C@@H]1C[C@]1(NC(=O)[C@@H]1C[C@@H]2CN1C(=O)[C@H](C(C)C)NC(=O)OCCCCc1cccc3c1CN(C3)C(=O)O2)C(=O)NS(=O)(=O)C1CC1. The third kappa shape index (κ3) is 6.74. The number of ether oxygens (including phenoxy) is 2. The molecule has 0 radical (unpaired) electrons. The van der Waals surface area contributed by atoms with Crippen LogP contribution in [0.1, 0.15) is 69.1 Å². The normalized spacial score (nSPS) is 29.3. The molecule has 14 nitrogen and oxygen atoms in total. The molecule has 3 heterocycles. The van der Waals surface area contributed by atoms with Crippen molar-refractivity contribution < 1.29 is 41.9 Å². The minimum Gasteiger partial charge on any atom is -0.450 e. The number of amides is 5. The molecule has 6 rings (SSSR count). The van der Waals surface area contributed by atoms with Crippen molar-refractivity contribution in [1.29, 1.82) is 0 Å². The highest BCUT2D eigenvalue weighted by molar-refractivity contribution is 7.91. The van der Waals surface area contributed by atoms with E-state index in [-0.39, 0.29) is 26.0 Å². The largest absolute Gasteiger partial charge is 0.450 e. The van der Waals surface area contributed by atoms with Gasteiger partial charge in [0.1, 0.15) is 23.7 Å². The second-order valence-electron chi connectivity index (χ2n) is 13.8. The first-order valence-corrected chi connectivity index (χ1v) is 18.2. The lowest BCUT2D eigenvalue weighted by Crippen LogP contribution is -2.59. The molecule has 3 fully saturated rings. The summed E-state index contributed by atoms with van der Waals surface area (Å²) in [4.78, 5) is 70.5. The highest BCUT2D eigenvalue weighted by Crippen LogP contribution is 2.45. The van der Waals surface area contributed by atoms with Gasteiger partial charge in [0, 0.05) is 25.4 Å². The zero-order valence-electron chi connectivity index (χ0n) is 27.2. The first-order chi connectivity index (χ1) is 22.8. The third-order valence-corrected chi connectivity index (χ3v) is 11.8. The van der Waals surface area contributed by atoms with Crippen LogP contribution in [-0.4, -0.2) is 90.3 Å². The summed E-state index contributed by atoms with van der Waals surface area (Å²) in [5.74, 6) is -3.07. The van der Waals surface area contributed by atoms with Gasteiger partial charge < -0.3 is 25.0 Å². The van der Waals surface area contributed by atoms with E-state index in [9.17, 15) is 32.4 Å². The number of carbonyl (C=O) groups is 5. The molecule has 1 aromatic rings. The van der Waals surface area contributed by atoms with E-state index in [1.165, 1.54) is 11.0 Å². The number of carbonyl (C=O) groups excluding carboxylic acids is 5. The van der Waals surface area contributed by atoms with Gasteiger partial charge >= 0.3 is 12.2 Å². The van der Waals surface area contributed by atoms with Gasteiger partial charge in [-0.2, -0.15) is 0 Å². The maximum Gasteiger partial charge on any atom is 0.410 e. The lowest BCUT2D eigenvalue weighted by Gasteiger charge is -2.31. The van der Waals surface area contributed by atoms with E-state index in [4.69, 9.17) is 9.47 Å². The first kappa shape index (κ1) is 33.7. The van der Waals surface area contributed by atoms with Crippen LogP contribution in [0, 0.1) is 11.8 Å². The van der Waals surface area contributed by atoms with E-state index >= 15 is 0 Å². The van der Waals surface area contributed by atoms with Crippen LogP contribution in [0.3, 0.4) is 0 Å². The van der Waals surface area contributed by atoms with E-state index in [0.717, 1.165) is 29.5 Å². The number of benzene rings is 1. The maximum atomic E-state index is 14.1. The minimum atomic E-state index is -3.89. The van der Waals surface area contributed by atoms with Crippen molar-refractivity contribution in [3.05, 3.63) is 47.5 Å². The van der Waals surface area contributed by atoms with Crippen LogP contribution in [0.15, 0.2) is 30.9 Å². The van der Waals surface area contributed by atoms with Crippen LogP contribution in [0.4, 0.5) is 9.59 Å². The van der Waals surface area contributed by atoms with E-state index in [0.29, 0.717) is 32.4 Å². The topological polar surface area (TPSA) is 181 Å². The average molecular weight is 686 g/mol. The number of nitrogens with one attached hydrogen (secondary N) is 3. The lowest BCUT2D eigenvalue weighted by atomic mass is 9.99. The predicted molar refractivity (Wildman–Crippen MR) is 171 cm³/mol. The van der Waals surface area contributed by atoms with E-state index < -0.39 is 80.7 Å². The van der Waals surface area contributed by atoms with Crippen molar-refractivity contribution in [2.75, 3.05) is 13.2 Å². The van der Waals surface area contributed by atoms with Crippen molar-refractivity contribution in [2.24, 2.45) is 11.8 Å². The molecule has 0 unspecified atom stereocenters. The molecule has 1 saturated heterocycles. The number of hydrogen-bond donors (Lipinski definition) is 3. The standard InChI is InChI=1S/C33H43N5O9S/c1-4-22-15-33(22,30(41)36-48(44,45)24-11-12-24)35-28(39)26-14-23-17-38(26)29(40)27(19(2)3)34-31(42)46-13-6-5-8-20-9-7-10-21-16-37(18-25(20)21)32(43)47-23/h4,7,9-10,19,22-24,26-27H,1,5-6,8,11-18H2,2-3H3,(H,34,42)(H,35,39)(H,36,41)/t22-,23-,26+,27+,33-/m1/s1. The number of aryl methyl sites for hydroxylation is 1. The second-order valence-corrected chi connectivity index (χ2v) is 15.8. The molecule has 0 aromatic heterocycles. The molecule has 260 valence electrons. The summed E-state index contributed by atoms with van der Waals surface area (Å²) < 4.78 is 38.6. The van der Waals surface area contributed by atoms with Crippen LogP contribution in [-0.2, 0) is 53.4 Å². The molecule has 5 aliphatic rings. The summed E-state index contributed by atoms with van der Waals surface area (Å²) in [5.41, 5.74) is 1.63. The molecule has 5 atom stereocenters. The number of hydrogen-bond acceptors (Lipinski definition) is 9. The Kier molecular flexibility index (Phi) is 9.18. The lowest BCUT2D eigenvalue weighted by molar-refractivity contribution is -0.141. The summed E-state index contributed by atoms with van der Waals surface area (Å²) in [5, 5.41) is 4.73. The Morgan fingerprint density at radius 3 is 2.56 bits per heavy atom. The van der Waals surface area contributed by atoms with E-state index in [1.807, 2.05) is 18.2 Å². The van der Waals surface area contributed by atoms with Crippen molar-refractivity contribution in [3.8, 4) is 0 Å². The molecule has 1 aromatic carbocycles. The fourth-order valence-corrected chi connectivity index (χ4v) is 8.27. The number of cyclic esters (lactones) is 1. The highest BCUT2D eigenvalue weighted by Gasteiger charge is 2.62. The van der Waals surface area contributed by atoms with Gasteiger partial charge in [-0.15, -0.1) is 6.58 Å². The quantitative estimate of drug-likeness (QED) is 0.361. The van der Waals surface area contributed by atoms with Crippen molar-refractivity contribution >= 4 is 39.9 Å². The molecule has 15 heteroatoms. The zero-order valence-corrected chi connectivity index (χ0v) is 28.1. The van der Waals surface area contributed by atoms with Crippen molar-refractivity contribution in [3.63, 3.8) is 0 Å². The highest BCUT2D eigenvalue weighted by atomic mass is 32.2. The molecule has 0 spiro atoms. The zero-order chi connectivity index (χ0) is 34.4. The number of fused-ring (bicyclic) bond motifs is 3. The Bertz CT molecular complexity index is 1630. The molecule has 3 aliphatic heterocycles. The Labute approximate surface area is 280 Å². The van der Waals surface area contributed by atoms with Gasteiger partial charge in [-0.3, -0.25) is 24.0 Å². The van der Waals surface area contributed by atoms with Gasteiger partial charge in [-0.05, 0) is 61.1 Å². The van der Waals surface area contributed by atoms with E-state index in [1.54, 1.807) is 18.7 Å². The molecule has 3 N–H and O–H groups in total. The third-order valence-electron chi connectivity index (χ3n) is 9.98. The molecular weight excluding hydrogens is 642 g/mol. The summed E-state index contributed by atoms with van der Waals surface area (Å²) >= 11 is 0. The number of alkyl carbamates (subject to hydrolysis) is 1. The van der Waals surface area contributed by atoms with Gasteiger partial charge in [0.05, 0.1) is 18.4 Å². The van der Waals surface area contributed by atoms with Gasteiger partial charge in [0.15, 0.2) is 0 Å². The van der Waals surface area contributed by atoms with Crippen LogP contribution in [0.25, 0.3) is 0 Å². The van der Waals surface area contributed by atoms with Gasteiger partial charge in [0.25, 0.3) is 5.91 Å². The Balaban J connectivity index is 1.25. The number of sulfonamides is 1.